The Bertz CT molecular complexity index is 885. The average Bonchev–Trinajstić information content (AvgIpc) is 3.15. The minimum absolute atomic E-state index is 0.201. The number of phenolic OH excluding ortho intramolecular Hbond substituents is 1. The Morgan fingerprint density at radius 3 is 2.88 bits per heavy atom. The maximum Gasteiger partial charge on any atom is 0.138 e. The predicted molar refractivity (Wildman–Crippen MR) is 100 cm³/mol. The first-order valence-corrected chi connectivity index (χ1v) is 9.17. The first kappa shape index (κ1) is 16.3. The van der Waals surface area contributed by atoms with Crippen LogP contribution in [0.3, 0.4) is 0 Å². The summed E-state index contributed by atoms with van der Waals surface area (Å²) >= 11 is 6.33. The van der Waals surface area contributed by atoms with E-state index in [1.54, 1.807) is 24.7 Å². The molecule has 130 valence electrons. The van der Waals surface area contributed by atoms with E-state index in [0.717, 1.165) is 23.4 Å². The fourth-order valence-corrected chi connectivity index (χ4v) is 3.88. The van der Waals surface area contributed by atoms with Gasteiger partial charge in [0.1, 0.15) is 11.5 Å². The van der Waals surface area contributed by atoms with Crippen molar-refractivity contribution < 1.29 is 9.84 Å². The Kier molecular flexibility index (Phi) is 4.53. The van der Waals surface area contributed by atoms with E-state index in [4.69, 9.17) is 16.3 Å². The number of aromatic amines is 1. The van der Waals surface area contributed by atoms with Crippen LogP contribution >= 0.6 is 11.6 Å². The van der Waals surface area contributed by atoms with E-state index in [0.29, 0.717) is 21.9 Å². The lowest BCUT2D eigenvalue weighted by Crippen LogP contribution is -2.15. The van der Waals surface area contributed by atoms with Crippen molar-refractivity contribution in [1.82, 2.24) is 9.97 Å². The summed E-state index contributed by atoms with van der Waals surface area (Å²) in [6.45, 7) is 0.731. The number of nitrogens with zero attached hydrogens (tertiary/aromatic N) is 1. The van der Waals surface area contributed by atoms with E-state index in [9.17, 15) is 5.11 Å². The van der Waals surface area contributed by atoms with Crippen molar-refractivity contribution >= 4 is 22.5 Å². The number of fused-ring (bicyclic) bond motifs is 1. The summed E-state index contributed by atoms with van der Waals surface area (Å²) in [5.41, 5.74) is 2.19. The molecule has 1 aliphatic rings. The highest BCUT2D eigenvalue weighted by Crippen LogP contribution is 2.40. The van der Waals surface area contributed by atoms with Crippen molar-refractivity contribution in [3.05, 3.63) is 41.8 Å². The highest BCUT2D eigenvalue weighted by atomic mass is 35.5. The van der Waals surface area contributed by atoms with Gasteiger partial charge in [-0.15, -0.1) is 0 Å². The van der Waals surface area contributed by atoms with Gasteiger partial charge in [-0.25, -0.2) is 0 Å². The number of rotatable bonds is 4. The minimum Gasteiger partial charge on any atom is -0.507 e. The smallest absolute Gasteiger partial charge is 0.138 e. The molecule has 0 aliphatic heterocycles. The molecule has 2 N–H and O–H groups in total. The van der Waals surface area contributed by atoms with Gasteiger partial charge in [-0.05, 0) is 37.0 Å². The van der Waals surface area contributed by atoms with Crippen molar-refractivity contribution in [2.75, 3.05) is 6.61 Å². The van der Waals surface area contributed by atoms with E-state index in [1.165, 1.54) is 32.1 Å². The van der Waals surface area contributed by atoms with Gasteiger partial charge in [0.05, 0.1) is 23.3 Å². The Balaban J connectivity index is 1.59. The molecule has 0 bridgehead atoms. The van der Waals surface area contributed by atoms with E-state index in [-0.39, 0.29) is 5.75 Å². The lowest BCUT2D eigenvalue weighted by Gasteiger charge is -2.21. The lowest BCUT2D eigenvalue weighted by atomic mass is 9.90. The zero-order valence-electron chi connectivity index (χ0n) is 14.0. The number of ether oxygens (including phenoxy) is 1. The summed E-state index contributed by atoms with van der Waals surface area (Å²) < 4.78 is 5.97. The quantitative estimate of drug-likeness (QED) is 0.644. The normalized spacial score (nSPS) is 15.6. The molecule has 4 rings (SSSR count). The monoisotopic (exact) mass is 356 g/mol. The number of benzene rings is 1. The molecule has 25 heavy (non-hydrogen) atoms. The van der Waals surface area contributed by atoms with Crippen LogP contribution in [0.4, 0.5) is 0 Å². The molecule has 1 fully saturated rings. The van der Waals surface area contributed by atoms with Crippen LogP contribution in [0.2, 0.25) is 5.02 Å². The summed E-state index contributed by atoms with van der Waals surface area (Å²) in [6, 6.07) is 5.49. The summed E-state index contributed by atoms with van der Waals surface area (Å²) in [5, 5.41) is 11.9. The van der Waals surface area contributed by atoms with Crippen molar-refractivity contribution in [1.29, 1.82) is 0 Å². The molecule has 0 amide bonds. The fraction of sp³-hybridized carbons (Fsp3) is 0.350. The van der Waals surface area contributed by atoms with Crippen LogP contribution in [-0.4, -0.2) is 21.7 Å². The number of hydrogen-bond donors (Lipinski definition) is 2. The molecule has 4 nitrogen and oxygen atoms in total. The molecule has 0 unspecified atom stereocenters. The molecule has 2 aromatic heterocycles. The maximum absolute atomic E-state index is 10.6. The SMILES string of the molecule is Oc1c(-c2cncc(OCC3CCCCC3)c2)cc(Cl)c2[nH]ccc12. The van der Waals surface area contributed by atoms with Crippen molar-refractivity contribution in [2.45, 2.75) is 32.1 Å². The van der Waals surface area contributed by atoms with Crippen LogP contribution in [0.15, 0.2) is 36.8 Å². The zero-order valence-corrected chi connectivity index (χ0v) is 14.7. The third-order valence-corrected chi connectivity index (χ3v) is 5.30. The van der Waals surface area contributed by atoms with Crippen molar-refractivity contribution in [3.63, 3.8) is 0 Å². The van der Waals surface area contributed by atoms with Gasteiger partial charge in [0, 0.05) is 28.9 Å². The number of halogens is 1. The second-order valence-corrected chi connectivity index (χ2v) is 7.15. The summed E-state index contributed by atoms with van der Waals surface area (Å²) in [4.78, 5) is 7.32. The van der Waals surface area contributed by atoms with Gasteiger partial charge in [-0.3, -0.25) is 4.98 Å². The maximum atomic E-state index is 10.6. The number of pyridine rings is 1. The number of phenols is 1. The van der Waals surface area contributed by atoms with Crippen LogP contribution in [-0.2, 0) is 0 Å². The van der Waals surface area contributed by atoms with Gasteiger partial charge in [-0.2, -0.15) is 0 Å². The average molecular weight is 357 g/mol. The second kappa shape index (κ2) is 6.96. The van der Waals surface area contributed by atoms with E-state index >= 15 is 0 Å². The standard InChI is InChI=1S/C20H21ClN2O2/c21-18-9-17(20(24)16-6-7-23-19(16)18)14-8-15(11-22-10-14)25-12-13-4-2-1-3-5-13/h6-11,13,23-24H,1-5,12H2. The Morgan fingerprint density at radius 1 is 1.20 bits per heavy atom. The molecule has 1 saturated carbocycles. The van der Waals surface area contributed by atoms with Gasteiger partial charge in [0.25, 0.3) is 0 Å². The van der Waals surface area contributed by atoms with Crippen LogP contribution in [0.1, 0.15) is 32.1 Å². The predicted octanol–water partition coefficient (Wildman–Crippen LogP) is 5.55. The molecule has 1 aliphatic carbocycles. The number of H-pyrrole nitrogens is 1. The first-order chi connectivity index (χ1) is 12.2. The zero-order chi connectivity index (χ0) is 17.2. The largest absolute Gasteiger partial charge is 0.507 e. The van der Waals surface area contributed by atoms with E-state index in [2.05, 4.69) is 9.97 Å². The number of aromatic nitrogens is 2. The topological polar surface area (TPSA) is 58.1 Å². The molecule has 5 heteroatoms. The number of aromatic hydroxyl groups is 1. The van der Waals surface area contributed by atoms with Crippen LogP contribution in [0.5, 0.6) is 11.5 Å². The number of hydrogen-bond acceptors (Lipinski definition) is 3. The molecule has 0 atom stereocenters. The van der Waals surface area contributed by atoms with Crippen molar-refractivity contribution in [2.24, 2.45) is 5.92 Å². The van der Waals surface area contributed by atoms with Gasteiger partial charge in [0.2, 0.25) is 0 Å². The third-order valence-electron chi connectivity index (χ3n) is 5.00. The molecule has 3 aromatic rings. The van der Waals surface area contributed by atoms with Gasteiger partial charge >= 0.3 is 0 Å². The Labute approximate surface area is 151 Å². The number of nitrogens with one attached hydrogen (secondary N) is 1. The summed E-state index contributed by atoms with van der Waals surface area (Å²) in [6.07, 6.45) is 11.6. The van der Waals surface area contributed by atoms with Crippen LogP contribution < -0.4 is 4.74 Å². The molecule has 2 heterocycles. The fourth-order valence-electron chi connectivity index (χ4n) is 3.61. The highest BCUT2D eigenvalue weighted by Gasteiger charge is 2.16. The Hall–Kier alpha value is -2.20. The van der Waals surface area contributed by atoms with Gasteiger partial charge < -0.3 is 14.8 Å². The summed E-state index contributed by atoms with van der Waals surface area (Å²) in [5.74, 6) is 1.57. The summed E-state index contributed by atoms with van der Waals surface area (Å²) in [7, 11) is 0. The molecular formula is C20H21ClN2O2. The van der Waals surface area contributed by atoms with Crippen molar-refractivity contribution in [3.8, 4) is 22.6 Å². The lowest BCUT2D eigenvalue weighted by molar-refractivity contribution is 0.208. The molecule has 0 saturated heterocycles. The van der Waals surface area contributed by atoms with E-state index < -0.39 is 0 Å². The van der Waals surface area contributed by atoms with Gasteiger partial charge in [0.15, 0.2) is 0 Å². The van der Waals surface area contributed by atoms with Crippen LogP contribution in [0, 0.1) is 5.92 Å². The van der Waals surface area contributed by atoms with Gasteiger partial charge in [-0.1, -0.05) is 30.9 Å². The third kappa shape index (κ3) is 3.31. The second-order valence-electron chi connectivity index (χ2n) is 6.75. The molecule has 0 radical (unpaired) electrons. The first-order valence-electron chi connectivity index (χ1n) is 8.79. The highest BCUT2D eigenvalue weighted by molar-refractivity contribution is 6.35. The molecular weight excluding hydrogens is 336 g/mol. The molecule has 1 aromatic carbocycles. The van der Waals surface area contributed by atoms with Crippen LogP contribution in [0.25, 0.3) is 22.0 Å². The van der Waals surface area contributed by atoms with E-state index in [1.807, 2.05) is 12.1 Å². The molecule has 0 spiro atoms. The Morgan fingerprint density at radius 2 is 2.04 bits per heavy atom. The minimum atomic E-state index is 0.201.